The number of rotatable bonds is 6. The van der Waals surface area contributed by atoms with E-state index >= 15 is 0 Å². The topological polar surface area (TPSA) is 45.9 Å². The van der Waals surface area contributed by atoms with Crippen LogP contribution in [0.1, 0.15) is 18.5 Å². The Morgan fingerprint density at radius 2 is 2.22 bits per heavy atom. The van der Waals surface area contributed by atoms with Gasteiger partial charge in [-0.05, 0) is 25.8 Å². The highest BCUT2D eigenvalue weighted by Gasteiger charge is 2.27. The number of hydrogen-bond donors (Lipinski definition) is 0. The third-order valence-electron chi connectivity index (χ3n) is 4.80. The predicted molar refractivity (Wildman–Crippen MR) is 88.2 cm³/mol. The minimum atomic E-state index is 0.313. The van der Waals surface area contributed by atoms with Crippen molar-refractivity contribution in [2.45, 2.75) is 25.5 Å². The highest BCUT2D eigenvalue weighted by atomic mass is 16.5. The van der Waals surface area contributed by atoms with Gasteiger partial charge in [-0.2, -0.15) is 0 Å². The Balaban J connectivity index is 1.46. The molecule has 0 radical (unpaired) electrons. The number of nitrogens with zero attached hydrogens (tertiary/aromatic N) is 5. The number of ether oxygens (including phenoxy) is 1. The third kappa shape index (κ3) is 3.71. The zero-order chi connectivity index (χ0) is 15.6. The largest absolute Gasteiger partial charge is 0.374 e. The molecule has 2 fully saturated rings. The normalized spacial score (nSPS) is 23.0. The average Bonchev–Trinajstić information content (AvgIpc) is 3.27. The maximum absolute atomic E-state index is 5.97. The first-order valence-corrected chi connectivity index (χ1v) is 8.56. The van der Waals surface area contributed by atoms with Gasteiger partial charge in [-0.25, -0.2) is 4.98 Å². The molecule has 6 nitrogen and oxygen atoms in total. The van der Waals surface area contributed by atoms with E-state index in [2.05, 4.69) is 31.2 Å². The van der Waals surface area contributed by atoms with Crippen LogP contribution in [0.15, 0.2) is 24.8 Å². The Hall–Kier alpha value is -1.50. The Morgan fingerprint density at radius 3 is 3.04 bits per heavy atom. The summed E-state index contributed by atoms with van der Waals surface area (Å²) in [5.74, 6) is 0.872. The van der Waals surface area contributed by atoms with Gasteiger partial charge in [0.05, 0.1) is 30.8 Å². The molecule has 1 unspecified atom stereocenters. The summed E-state index contributed by atoms with van der Waals surface area (Å²) in [6, 6.07) is 0. The first-order valence-electron chi connectivity index (χ1n) is 8.56. The van der Waals surface area contributed by atoms with Crippen molar-refractivity contribution in [3.8, 4) is 0 Å². The van der Waals surface area contributed by atoms with Gasteiger partial charge in [0, 0.05) is 45.1 Å². The molecule has 124 valence electrons. The van der Waals surface area contributed by atoms with Gasteiger partial charge < -0.3 is 9.64 Å². The molecular weight excluding hydrogens is 290 g/mol. The summed E-state index contributed by atoms with van der Waals surface area (Å²) in [7, 11) is 2.18. The number of morpholine rings is 1. The number of aromatic nitrogens is 3. The van der Waals surface area contributed by atoms with E-state index in [1.165, 1.54) is 25.1 Å². The molecule has 1 saturated carbocycles. The fourth-order valence-electron chi connectivity index (χ4n) is 3.38. The van der Waals surface area contributed by atoms with Crippen molar-refractivity contribution in [3.05, 3.63) is 30.5 Å². The van der Waals surface area contributed by atoms with Gasteiger partial charge in [-0.1, -0.05) is 0 Å². The number of fused-ring (bicyclic) bond motifs is 1. The van der Waals surface area contributed by atoms with Crippen LogP contribution in [0.25, 0.3) is 5.65 Å². The van der Waals surface area contributed by atoms with Gasteiger partial charge in [0.25, 0.3) is 0 Å². The fourth-order valence-corrected chi connectivity index (χ4v) is 3.38. The maximum Gasteiger partial charge on any atom is 0.155 e. The molecule has 1 aliphatic carbocycles. The molecule has 6 heteroatoms. The lowest BCUT2D eigenvalue weighted by Crippen LogP contribution is -2.46. The lowest BCUT2D eigenvalue weighted by atomic mass is 10.2. The van der Waals surface area contributed by atoms with Gasteiger partial charge in [-0.15, -0.1) is 0 Å². The van der Waals surface area contributed by atoms with Gasteiger partial charge in [-0.3, -0.25) is 14.3 Å². The Bertz CT molecular complexity index is 653. The van der Waals surface area contributed by atoms with Crippen LogP contribution >= 0.6 is 0 Å². The summed E-state index contributed by atoms with van der Waals surface area (Å²) >= 11 is 0. The van der Waals surface area contributed by atoms with Gasteiger partial charge in [0.15, 0.2) is 5.65 Å². The molecule has 1 saturated heterocycles. The van der Waals surface area contributed by atoms with Crippen molar-refractivity contribution in [3.63, 3.8) is 0 Å². The van der Waals surface area contributed by atoms with E-state index in [0.717, 1.165) is 44.4 Å². The zero-order valence-electron chi connectivity index (χ0n) is 13.8. The minimum Gasteiger partial charge on any atom is -0.374 e. The highest BCUT2D eigenvalue weighted by molar-refractivity contribution is 5.36. The number of imidazole rings is 1. The second-order valence-electron chi connectivity index (χ2n) is 6.95. The Morgan fingerprint density at radius 1 is 1.30 bits per heavy atom. The monoisotopic (exact) mass is 315 g/mol. The van der Waals surface area contributed by atoms with Gasteiger partial charge >= 0.3 is 0 Å². The van der Waals surface area contributed by atoms with E-state index in [1.807, 2.05) is 24.8 Å². The Labute approximate surface area is 137 Å². The molecular formula is C17H25N5O. The molecule has 3 heterocycles. The second-order valence-corrected chi connectivity index (χ2v) is 6.95. The molecule has 4 rings (SSSR count). The van der Waals surface area contributed by atoms with E-state index in [4.69, 9.17) is 4.74 Å². The van der Waals surface area contributed by atoms with Crippen molar-refractivity contribution in [2.24, 2.45) is 5.92 Å². The van der Waals surface area contributed by atoms with E-state index in [0.29, 0.717) is 6.10 Å². The van der Waals surface area contributed by atoms with E-state index in [9.17, 15) is 0 Å². The lowest BCUT2D eigenvalue weighted by molar-refractivity contribution is -0.0374. The molecule has 2 aromatic rings. The molecule has 0 amide bonds. The van der Waals surface area contributed by atoms with Crippen LogP contribution in [0.3, 0.4) is 0 Å². The third-order valence-corrected chi connectivity index (χ3v) is 4.80. The van der Waals surface area contributed by atoms with Crippen LogP contribution in [0, 0.1) is 5.92 Å². The van der Waals surface area contributed by atoms with Crippen molar-refractivity contribution in [1.82, 2.24) is 24.2 Å². The maximum atomic E-state index is 5.97. The number of hydrogen-bond acceptors (Lipinski definition) is 5. The van der Waals surface area contributed by atoms with Crippen LogP contribution in [0.4, 0.5) is 0 Å². The van der Waals surface area contributed by atoms with E-state index in [-0.39, 0.29) is 0 Å². The Kier molecular flexibility index (Phi) is 4.29. The molecule has 0 spiro atoms. The summed E-state index contributed by atoms with van der Waals surface area (Å²) in [5.41, 5.74) is 2.15. The van der Waals surface area contributed by atoms with Crippen LogP contribution < -0.4 is 0 Å². The molecule has 0 bridgehead atoms. The minimum absolute atomic E-state index is 0.313. The molecule has 2 aliphatic rings. The van der Waals surface area contributed by atoms with Crippen molar-refractivity contribution < 1.29 is 4.74 Å². The molecule has 0 aromatic carbocycles. The lowest BCUT2D eigenvalue weighted by Gasteiger charge is -2.34. The molecule has 1 atom stereocenters. The van der Waals surface area contributed by atoms with E-state index in [1.54, 1.807) is 0 Å². The van der Waals surface area contributed by atoms with Gasteiger partial charge in [0.2, 0.25) is 0 Å². The summed E-state index contributed by atoms with van der Waals surface area (Å²) in [4.78, 5) is 13.5. The summed E-state index contributed by atoms with van der Waals surface area (Å²) < 4.78 is 8.11. The quantitative estimate of drug-likeness (QED) is 0.803. The van der Waals surface area contributed by atoms with Crippen molar-refractivity contribution >= 4 is 5.65 Å². The van der Waals surface area contributed by atoms with E-state index < -0.39 is 0 Å². The molecule has 1 aliphatic heterocycles. The SMILES string of the molecule is CN1CCOC(CN(Cc2cnc3cnccn23)CC2CC2)C1. The number of likely N-dealkylation sites (N-methyl/N-ethyl adjacent to an activating group) is 1. The van der Waals surface area contributed by atoms with Crippen LogP contribution in [-0.2, 0) is 11.3 Å². The smallest absolute Gasteiger partial charge is 0.155 e. The predicted octanol–water partition coefficient (Wildman–Crippen LogP) is 1.27. The summed E-state index contributed by atoms with van der Waals surface area (Å²) in [6.07, 6.45) is 10.7. The molecule has 23 heavy (non-hydrogen) atoms. The first-order chi connectivity index (χ1) is 11.3. The average molecular weight is 315 g/mol. The first kappa shape index (κ1) is 15.1. The van der Waals surface area contributed by atoms with Gasteiger partial charge in [0.1, 0.15) is 0 Å². The van der Waals surface area contributed by atoms with Crippen LogP contribution in [0.2, 0.25) is 0 Å². The highest BCUT2D eigenvalue weighted by Crippen LogP contribution is 2.30. The van der Waals surface area contributed by atoms with Crippen molar-refractivity contribution in [1.29, 1.82) is 0 Å². The fraction of sp³-hybridized carbons (Fsp3) is 0.647. The summed E-state index contributed by atoms with van der Waals surface area (Å²) in [6.45, 7) is 6.00. The molecule has 2 aromatic heterocycles. The standard InChI is InChI=1S/C17H25N5O/c1-20-6-7-23-16(12-20)13-21(10-14-2-3-14)11-15-8-19-17-9-18-4-5-22(15)17/h4-5,8-9,14,16H,2-3,6-7,10-13H2,1H3. The second kappa shape index (κ2) is 6.55. The zero-order valence-corrected chi connectivity index (χ0v) is 13.8. The molecule has 0 N–H and O–H groups in total. The van der Waals surface area contributed by atoms with Crippen LogP contribution in [0.5, 0.6) is 0 Å². The van der Waals surface area contributed by atoms with Crippen LogP contribution in [-0.4, -0.2) is 70.1 Å². The summed E-state index contributed by atoms with van der Waals surface area (Å²) in [5, 5.41) is 0. The van der Waals surface area contributed by atoms with Crippen molar-refractivity contribution in [2.75, 3.05) is 39.8 Å².